The lowest BCUT2D eigenvalue weighted by Crippen LogP contribution is -2.71. The van der Waals surface area contributed by atoms with Crippen molar-refractivity contribution in [1.82, 2.24) is 19.8 Å². The Balaban J connectivity index is 1.13. The van der Waals surface area contributed by atoms with Gasteiger partial charge in [-0.1, -0.05) is 18.2 Å². The minimum atomic E-state index is -0.468. The summed E-state index contributed by atoms with van der Waals surface area (Å²) in [5.74, 6) is 0.930. The van der Waals surface area contributed by atoms with E-state index in [0.717, 1.165) is 23.7 Å². The maximum absolute atomic E-state index is 12.3. The van der Waals surface area contributed by atoms with Crippen LogP contribution in [0.3, 0.4) is 0 Å². The first-order valence-corrected chi connectivity index (χ1v) is 13.8. The monoisotopic (exact) mass is 499 g/mol. The third-order valence-corrected chi connectivity index (χ3v) is 8.90. The van der Waals surface area contributed by atoms with Gasteiger partial charge in [0, 0.05) is 41.3 Å². The molecule has 4 fully saturated rings. The van der Waals surface area contributed by atoms with Crippen molar-refractivity contribution >= 4 is 22.7 Å². The molecule has 7 heteroatoms. The van der Waals surface area contributed by atoms with Crippen molar-refractivity contribution < 1.29 is 9.53 Å². The van der Waals surface area contributed by atoms with Crippen LogP contribution in [-0.4, -0.2) is 62.2 Å². The average Bonchev–Trinajstić information content (AvgIpc) is 3.11. The zero-order chi connectivity index (χ0) is 25.5. The summed E-state index contributed by atoms with van der Waals surface area (Å²) in [5, 5.41) is 4.90. The number of benzene rings is 1. The van der Waals surface area contributed by atoms with E-state index in [1.807, 2.05) is 27.0 Å². The second-order valence-electron chi connectivity index (χ2n) is 12.8. The van der Waals surface area contributed by atoms with Crippen molar-refractivity contribution in [2.75, 3.05) is 18.4 Å². The van der Waals surface area contributed by atoms with Gasteiger partial charge in [0.25, 0.3) is 0 Å². The number of nitrogens with zero attached hydrogens (tertiary/aromatic N) is 3. The number of amides is 1. The van der Waals surface area contributed by atoms with Gasteiger partial charge in [0.1, 0.15) is 5.60 Å². The van der Waals surface area contributed by atoms with E-state index in [1.54, 1.807) is 4.90 Å². The Kier molecular flexibility index (Phi) is 4.97. The molecule has 5 aliphatic rings. The maximum Gasteiger partial charge on any atom is 0.410 e. The van der Waals surface area contributed by atoms with E-state index in [4.69, 9.17) is 9.72 Å². The lowest BCUT2D eigenvalue weighted by molar-refractivity contribution is -0.174. The van der Waals surface area contributed by atoms with Crippen LogP contribution >= 0.6 is 0 Å². The van der Waals surface area contributed by atoms with E-state index < -0.39 is 5.60 Å². The molecule has 2 atom stereocenters. The van der Waals surface area contributed by atoms with Gasteiger partial charge >= 0.3 is 6.09 Å². The van der Waals surface area contributed by atoms with Gasteiger partial charge in [-0.25, -0.2) is 4.79 Å². The number of carbonyl (C=O) groups is 1. The number of fused-ring (bicyclic) bond motifs is 3. The highest BCUT2D eigenvalue weighted by Crippen LogP contribution is 2.64. The molecule has 4 heterocycles. The molecule has 0 radical (unpaired) electrons. The fourth-order valence-corrected chi connectivity index (χ4v) is 7.18. The van der Waals surface area contributed by atoms with Crippen molar-refractivity contribution in [1.29, 1.82) is 0 Å². The summed E-state index contributed by atoms with van der Waals surface area (Å²) in [5.41, 5.74) is 5.99. The smallest absolute Gasteiger partial charge is 0.410 e. The standard InChI is InChI=1S/C30H37N5O2/c1-18-11-23-22-7-5-6-8-24(22)33-26(23)27(35(18)30-12-19(13-30)14-30)25-10-9-20(15-31-25)32-21-16-34(17-21)28(36)37-29(2,3)4/h5-10,15,18-19,21,27,32-33H,11-14,16-17H2,1-4H3/t18-,19?,27-,30?/m1/s1. The normalized spacial score (nSPS) is 29.2. The summed E-state index contributed by atoms with van der Waals surface area (Å²) < 4.78 is 5.48. The quantitative estimate of drug-likeness (QED) is 0.497. The van der Waals surface area contributed by atoms with Gasteiger partial charge in [-0.15, -0.1) is 0 Å². The Morgan fingerprint density at radius 1 is 1.14 bits per heavy atom. The summed E-state index contributed by atoms with van der Waals surface area (Å²) in [6.45, 7) is 9.39. The van der Waals surface area contributed by atoms with Gasteiger partial charge in [0.15, 0.2) is 0 Å². The van der Waals surface area contributed by atoms with E-state index >= 15 is 0 Å². The molecule has 1 saturated heterocycles. The first-order chi connectivity index (χ1) is 17.7. The molecular weight excluding hydrogens is 462 g/mol. The number of aromatic amines is 1. The van der Waals surface area contributed by atoms with E-state index in [1.165, 1.54) is 41.4 Å². The molecule has 3 aliphatic carbocycles. The molecule has 2 aromatic heterocycles. The zero-order valence-corrected chi connectivity index (χ0v) is 22.3. The Hall–Kier alpha value is -3.06. The molecule has 3 saturated carbocycles. The van der Waals surface area contributed by atoms with Gasteiger partial charge in [-0.05, 0) is 83.1 Å². The van der Waals surface area contributed by atoms with Crippen molar-refractivity contribution in [3.05, 3.63) is 59.5 Å². The Morgan fingerprint density at radius 2 is 1.89 bits per heavy atom. The van der Waals surface area contributed by atoms with Gasteiger partial charge in [0.2, 0.25) is 0 Å². The summed E-state index contributed by atoms with van der Waals surface area (Å²) in [7, 11) is 0. The van der Waals surface area contributed by atoms with Crippen molar-refractivity contribution in [2.45, 2.75) is 82.6 Å². The van der Waals surface area contributed by atoms with Crippen molar-refractivity contribution in [3.63, 3.8) is 0 Å². The molecule has 2 bridgehead atoms. The first kappa shape index (κ1) is 23.1. The number of H-pyrrole nitrogens is 1. The van der Waals surface area contributed by atoms with E-state index in [-0.39, 0.29) is 18.2 Å². The molecule has 0 unspecified atom stereocenters. The number of likely N-dealkylation sites (tertiary alicyclic amines) is 1. The molecule has 1 amide bonds. The molecule has 2 aliphatic heterocycles. The van der Waals surface area contributed by atoms with Crippen LogP contribution in [0.2, 0.25) is 0 Å². The van der Waals surface area contributed by atoms with Crippen LogP contribution in [0.25, 0.3) is 10.9 Å². The predicted molar refractivity (Wildman–Crippen MR) is 145 cm³/mol. The number of aromatic nitrogens is 2. The lowest BCUT2D eigenvalue weighted by atomic mass is 9.48. The highest BCUT2D eigenvalue weighted by molar-refractivity contribution is 5.85. The van der Waals surface area contributed by atoms with Crippen molar-refractivity contribution in [2.24, 2.45) is 5.92 Å². The second kappa shape index (κ2) is 7.97. The molecule has 7 nitrogen and oxygen atoms in total. The number of hydrogen-bond donors (Lipinski definition) is 2. The highest BCUT2D eigenvalue weighted by Gasteiger charge is 2.63. The van der Waals surface area contributed by atoms with E-state index in [2.05, 4.69) is 58.5 Å². The molecule has 8 rings (SSSR count). The molecule has 37 heavy (non-hydrogen) atoms. The summed E-state index contributed by atoms with van der Waals surface area (Å²) in [6, 6.07) is 13.9. The van der Waals surface area contributed by atoms with Crippen LogP contribution in [0.5, 0.6) is 0 Å². The molecule has 2 N–H and O–H groups in total. The van der Waals surface area contributed by atoms with Gasteiger partial charge < -0.3 is 19.9 Å². The second-order valence-corrected chi connectivity index (χ2v) is 12.8. The van der Waals surface area contributed by atoms with Crippen molar-refractivity contribution in [3.8, 4) is 0 Å². The fourth-order valence-electron chi connectivity index (χ4n) is 7.18. The van der Waals surface area contributed by atoms with Crippen LogP contribution in [0.1, 0.15) is 70.0 Å². The number of nitrogens with one attached hydrogen (secondary N) is 2. The van der Waals surface area contributed by atoms with Crippen LogP contribution in [0.15, 0.2) is 42.6 Å². The predicted octanol–water partition coefficient (Wildman–Crippen LogP) is 5.48. The minimum Gasteiger partial charge on any atom is -0.444 e. The number of hydrogen-bond acceptors (Lipinski definition) is 5. The molecule has 0 spiro atoms. The summed E-state index contributed by atoms with van der Waals surface area (Å²) >= 11 is 0. The Bertz CT molecular complexity index is 1330. The summed E-state index contributed by atoms with van der Waals surface area (Å²) in [4.78, 5) is 25.6. The topological polar surface area (TPSA) is 73.5 Å². The lowest BCUT2D eigenvalue weighted by Gasteiger charge is -2.69. The number of anilines is 1. The first-order valence-electron chi connectivity index (χ1n) is 13.8. The molecule has 3 aromatic rings. The van der Waals surface area contributed by atoms with E-state index in [9.17, 15) is 4.79 Å². The Labute approximate surface area is 218 Å². The largest absolute Gasteiger partial charge is 0.444 e. The van der Waals surface area contributed by atoms with Crippen LogP contribution in [0, 0.1) is 5.92 Å². The molecular formula is C30H37N5O2. The summed E-state index contributed by atoms with van der Waals surface area (Å²) in [6.07, 6.45) is 6.80. The SMILES string of the molecule is C[C@@H]1Cc2c([nH]c3ccccc23)[C@@H](c2ccc(NC3CN(C(=O)OC(C)(C)C)C3)cn2)N1C12CC(C1)C2. The average molecular weight is 500 g/mol. The van der Waals surface area contributed by atoms with Crippen LogP contribution in [-0.2, 0) is 11.2 Å². The maximum atomic E-state index is 12.3. The van der Waals surface area contributed by atoms with E-state index in [0.29, 0.717) is 24.7 Å². The number of rotatable bonds is 4. The molecule has 1 aromatic carbocycles. The van der Waals surface area contributed by atoms with Gasteiger partial charge in [0.05, 0.1) is 29.7 Å². The highest BCUT2D eigenvalue weighted by atomic mass is 16.6. The number of pyridine rings is 1. The van der Waals surface area contributed by atoms with Crippen LogP contribution in [0.4, 0.5) is 10.5 Å². The van der Waals surface area contributed by atoms with Gasteiger partial charge in [-0.2, -0.15) is 0 Å². The minimum absolute atomic E-state index is 0.146. The third-order valence-electron chi connectivity index (χ3n) is 8.90. The Morgan fingerprint density at radius 3 is 2.54 bits per heavy atom. The number of ether oxygens (including phenoxy) is 1. The third kappa shape index (κ3) is 3.73. The van der Waals surface area contributed by atoms with Crippen LogP contribution < -0.4 is 5.32 Å². The number of carbonyl (C=O) groups excluding carboxylic acids is 1. The fraction of sp³-hybridized carbons (Fsp3) is 0.533. The molecule has 194 valence electrons. The van der Waals surface area contributed by atoms with Gasteiger partial charge in [-0.3, -0.25) is 9.88 Å². The zero-order valence-electron chi connectivity index (χ0n) is 22.3. The number of para-hydroxylation sites is 1.